The molecule has 0 saturated carbocycles. The molecule has 0 spiro atoms. The van der Waals surface area contributed by atoms with Gasteiger partial charge in [-0.15, -0.1) is 0 Å². The molecule has 0 aromatic rings. The third-order valence-electron chi connectivity index (χ3n) is 22.9. The molecule has 1 saturated heterocycles. The first-order valence-corrected chi connectivity index (χ1v) is 43.3. The van der Waals surface area contributed by atoms with Crippen LogP contribution >= 0.6 is 0 Å². The van der Waals surface area contributed by atoms with Gasteiger partial charge in [0.2, 0.25) is 0 Å². The molecule has 1 fully saturated rings. The summed E-state index contributed by atoms with van der Waals surface area (Å²) in [6, 6.07) is 0. The molecule has 6 heteroatoms. The number of aliphatic hydroxyl groups is 5. The van der Waals surface area contributed by atoms with E-state index < -0.39 is 34.8 Å². The molecule has 6 nitrogen and oxygen atoms in total. The second-order valence-corrected chi connectivity index (χ2v) is 31.4. The topological polar surface area (TPSA) is 110 Å². The molecule has 0 amide bonds. The Hall–Kier alpha value is -0.240. The van der Waals surface area contributed by atoms with Gasteiger partial charge in [-0.2, -0.15) is 0 Å². The molecule has 5 atom stereocenters. The molecule has 0 aromatic heterocycles. The van der Waals surface area contributed by atoms with E-state index in [-0.39, 0.29) is 25.7 Å². The molecule has 0 radical (unpaired) electrons. The first-order valence-electron chi connectivity index (χ1n) is 43.3. The fraction of sp³-hybridized carbons (Fsp3) is 1.00. The summed E-state index contributed by atoms with van der Waals surface area (Å²) in [7, 11) is 0. The average molecular weight is 1300 g/mol. The predicted octanol–water partition coefficient (Wildman–Crippen LogP) is 28.0. The first-order chi connectivity index (χ1) is 45.1. The van der Waals surface area contributed by atoms with Gasteiger partial charge in [0.25, 0.3) is 0 Å². The number of hydrogen-bond donors (Lipinski definition) is 5. The maximum Gasteiger partial charge on any atom is 0.198 e. The van der Waals surface area contributed by atoms with Gasteiger partial charge in [0.15, 0.2) is 5.79 Å². The van der Waals surface area contributed by atoms with Crippen LogP contribution in [0.4, 0.5) is 0 Å². The minimum Gasteiger partial charge on any atom is -0.393 e. The monoisotopic (exact) mass is 1300 g/mol. The fourth-order valence-corrected chi connectivity index (χ4v) is 16.4. The van der Waals surface area contributed by atoms with Gasteiger partial charge in [-0.3, -0.25) is 0 Å². The molecule has 0 aromatic carbocycles. The molecule has 5 N–H and O–H groups in total. The Morgan fingerprint density at radius 3 is 0.522 bits per heavy atom. The SMILES string of the molecule is CCCCCCCCCCCCCCCC[C@]1(CO)O[C@](O)(CCCCCCCCCCCCCCCC)[C@@](O)(CCCCCCCCCCCCCCCC)[C@](O)(CCCCCCCCCCCCCCCC)[C@@]1(O)CCCCCCCCCCCCCCCC. The fourth-order valence-electron chi connectivity index (χ4n) is 16.4. The van der Waals surface area contributed by atoms with E-state index in [0.717, 1.165) is 83.5 Å². The van der Waals surface area contributed by atoms with Crippen molar-refractivity contribution in [3.8, 4) is 0 Å². The molecule has 92 heavy (non-hydrogen) atoms. The minimum absolute atomic E-state index is 0.177. The Morgan fingerprint density at radius 1 is 0.174 bits per heavy atom. The molecular formula is C86H172O6. The molecular weight excluding hydrogens is 1130 g/mol. The highest BCUT2D eigenvalue weighted by Gasteiger charge is 2.79. The summed E-state index contributed by atoms with van der Waals surface area (Å²) >= 11 is 0. The van der Waals surface area contributed by atoms with Gasteiger partial charge in [0.1, 0.15) is 22.4 Å². The largest absolute Gasteiger partial charge is 0.393 e. The van der Waals surface area contributed by atoms with Gasteiger partial charge >= 0.3 is 0 Å². The highest BCUT2D eigenvalue weighted by atomic mass is 16.7. The zero-order valence-electron chi connectivity index (χ0n) is 63.9. The zero-order chi connectivity index (χ0) is 66.9. The number of rotatable bonds is 76. The molecule has 1 aliphatic heterocycles. The van der Waals surface area contributed by atoms with E-state index in [1.54, 1.807) is 0 Å². The summed E-state index contributed by atoms with van der Waals surface area (Å²) in [5.41, 5.74) is -7.75. The second-order valence-electron chi connectivity index (χ2n) is 31.4. The van der Waals surface area contributed by atoms with Crippen molar-refractivity contribution in [2.75, 3.05) is 6.61 Å². The number of hydrogen-bond acceptors (Lipinski definition) is 6. The van der Waals surface area contributed by atoms with E-state index in [1.807, 2.05) is 0 Å². The van der Waals surface area contributed by atoms with Crippen molar-refractivity contribution in [2.45, 2.75) is 544 Å². The van der Waals surface area contributed by atoms with Crippen molar-refractivity contribution in [3.63, 3.8) is 0 Å². The van der Waals surface area contributed by atoms with Crippen molar-refractivity contribution in [2.24, 2.45) is 0 Å². The van der Waals surface area contributed by atoms with Crippen LogP contribution in [0.1, 0.15) is 516 Å². The molecule has 0 unspecified atom stereocenters. The van der Waals surface area contributed by atoms with Gasteiger partial charge < -0.3 is 30.3 Å². The van der Waals surface area contributed by atoms with Crippen molar-refractivity contribution < 1.29 is 30.3 Å². The Labute approximate surface area is 578 Å². The van der Waals surface area contributed by atoms with Crippen LogP contribution in [0.25, 0.3) is 0 Å². The first kappa shape index (κ1) is 89.8. The highest BCUT2D eigenvalue weighted by Crippen LogP contribution is 2.61. The average Bonchev–Trinajstić information content (AvgIpc) is 0.677. The third kappa shape index (κ3) is 42.0. The number of unbranched alkanes of at least 4 members (excludes halogenated alkanes) is 65. The van der Waals surface area contributed by atoms with Crippen LogP contribution in [0.2, 0.25) is 0 Å². The Bertz CT molecular complexity index is 1470. The van der Waals surface area contributed by atoms with Crippen LogP contribution in [-0.4, -0.2) is 60.3 Å². The minimum atomic E-state index is -2.12. The Balaban J connectivity index is 3.50. The van der Waals surface area contributed by atoms with Crippen molar-refractivity contribution in [1.29, 1.82) is 0 Å². The summed E-state index contributed by atoms with van der Waals surface area (Å²) in [5, 5.41) is 68.3. The highest BCUT2D eigenvalue weighted by molar-refractivity contribution is 5.27. The summed E-state index contributed by atoms with van der Waals surface area (Å²) < 4.78 is 7.27. The van der Waals surface area contributed by atoms with E-state index >= 15 is 0 Å². The standard InChI is InChI=1S/C86H172O6/c1-6-11-16-21-26-31-36-41-46-51-56-61-66-71-76-82(81-87)83(88,77-72-67-62-57-52-47-42-37-32-27-22-17-12-7-2)84(89,78-73-68-63-58-53-48-43-38-33-28-23-18-13-8-3)85(90,79-74-69-64-59-54-49-44-39-34-29-24-19-14-9-4)86(91,92-82)80-75-70-65-60-55-50-45-40-35-30-25-20-15-10-5/h87-91H,6-81H2,1-5H3/t82-,83-,84+,85-,86-/m1/s1. The van der Waals surface area contributed by atoms with E-state index in [2.05, 4.69) is 34.6 Å². The molecule has 1 heterocycles. The van der Waals surface area contributed by atoms with Crippen molar-refractivity contribution in [1.82, 2.24) is 0 Å². The van der Waals surface area contributed by atoms with Crippen LogP contribution in [0.3, 0.4) is 0 Å². The van der Waals surface area contributed by atoms with E-state index in [9.17, 15) is 25.5 Å². The van der Waals surface area contributed by atoms with Crippen LogP contribution in [-0.2, 0) is 4.74 Å². The maximum absolute atomic E-state index is 14.3. The third-order valence-corrected chi connectivity index (χ3v) is 22.9. The van der Waals surface area contributed by atoms with E-state index in [1.165, 1.54) is 340 Å². The van der Waals surface area contributed by atoms with Gasteiger partial charge in [-0.05, 0) is 32.1 Å². The van der Waals surface area contributed by atoms with Crippen molar-refractivity contribution >= 4 is 0 Å². The summed E-state index contributed by atoms with van der Waals surface area (Å²) in [6.45, 7) is 11.0. The number of ether oxygens (including phenoxy) is 1. The predicted molar refractivity (Wildman–Crippen MR) is 405 cm³/mol. The van der Waals surface area contributed by atoms with Gasteiger partial charge in [-0.1, -0.05) is 478 Å². The summed E-state index contributed by atoms with van der Waals surface area (Å²) in [5.74, 6) is -2.12. The van der Waals surface area contributed by atoms with Crippen LogP contribution < -0.4 is 0 Å². The Morgan fingerprint density at radius 2 is 0.326 bits per heavy atom. The summed E-state index contributed by atoms with van der Waals surface area (Å²) in [6.07, 6.45) is 87.1. The zero-order valence-corrected chi connectivity index (χ0v) is 63.9. The lowest BCUT2D eigenvalue weighted by atomic mass is 9.53. The molecule has 0 aliphatic carbocycles. The van der Waals surface area contributed by atoms with Crippen molar-refractivity contribution in [3.05, 3.63) is 0 Å². The summed E-state index contributed by atoms with van der Waals surface area (Å²) in [4.78, 5) is 0. The molecule has 0 bridgehead atoms. The van der Waals surface area contributed by atoms with Gasteiger partial charge in [-0.25, -0.2) is 0 Å². The van der Waals surface area contributed by atoms with Crippen LogP contribution in [0.15, 0.2) is 0 Å². The second kappa shape index (κ2) is 64.2. The molecule has 552 valence electrons. The van der Waals surface area contributed by atoms with Crippen LogP contribution in [0.5, 0.6) is 0 Å². The van der Waals surface area contributed by atoms with Crippen LogP contribution in [0, 0.1) is 0 Å². The van der Waals surface area contributed by atoms with Gasteiger partial charge in [0.05, 0.1) is 6.61 Å². The smallest absolute Gasteiger partial charge is 0.198 e. The van der Waals surface area contributed by atoms with E-state index in [4.69, 9.17) is 4.74 Å². The molecule has 1 rings (SSSR count). The lowest BCUT2D eigenvalue weighted by Gasteiger charge is -2.68. The lowest BCUT2D eigenvalue weighted by Crippen LogP contribution is -2.87. The maximum atomic E-state index is 14.3. The Kier molecular flexibility index (Phi) is 62.6. The van der Waals surface area contributed by atoms with Gasteiger partial charge in [0, 0.05) is 6.42 Å². The lowest BCUT2D eigenvalue weighted by molar-refractivity contribution is -0.473. The normalized spacial score (nSPS) is 20.9. The quantitative estimate of drug-likeness (QED) is 0.0388. The molecule has 1 aliphatic rings. The number of aliphatic hydroxyl groups excluding tert-OH is 1. The van der Waals surface area contributed by atoms with E-state index in [0.29, 0.717) is 32.1 Å².